The van der Waals surface area contributed by atoms with Gasteiger partial charge >= 0.3 is 0 Å². The summed E-state index contributed by atoms with van der Waals surface area (Å²) in [6.45, 7) is 0.258. The average molecular weight is 532 g/mol. The summed E-state index contributed by atoms with van der Waals surface area (Å²) >= 11 is 0. The molecule has 0 bridgehead atoms. The van der Waals surface area contributed by atoms with Gasteiger partial charge in [-0.05, 0) is 78.4 Å². The molecule has 0 saturated carbocycles. The van der Waals surface area contributed by atoms with Gasteiger partial charge in [0, 0.05) is 54.8 Å². The van der Waals surface area contributed by atoms with E-state index in [0.29, 0.717) is 5.56 Å². The molecule has 0 aliphatic carbocycles. The van der Waals surface area contributed by atoms with E-state index in [0.717, 1.165) is 56.4 Å². The molecule has 0 unspecified atom stereocenters. The van der Waals surface area contributed by atoms with Crippen LogP contribution >= 0.6 is 0 Å². The lowest BCUT2D eigenvalue weighted by Gasteiger charge is -2.20. The van der Waals surface area contributed by atoms with Crippen LogP contribution < -0.4 is 24.6 Å². The minimum absolute atomic E-state index is 0.149. The van der Waals surface area contributed by atoms with Gasteiger partial charge in [-0.15, -0.1) is 0 Å². The van der Waals surface area contributed by atoms with E-state index in [1.807, 2.05) is 105 Å². The number of amides is 1. The van der Waals surface area contributed by atoms with Crippen molar-refractivity contribution in [1.29, 1.82) is 0 Å². The Morgan fingerprint density at radius 2 is 1.65 bits per heavy atom. The number of aromatic amines is 1. The van der Waals surface area contributed by atoms with E-state index < -0.39 is 0 Å². The fraction of sp³-hybridized carbons (Fsp3) is 0.125. The Kier molecular flexibility index (Phi) is 6.57. The molecule has 2 N–H and O–H groups in total. The Labute approximate surface area is 232 Å². The summed E-state index contributed by atoms with van der Waals surface area (Å²) in [5.74, 6) is 1.37. The first kappa shape index (κ1) is 25.1. The first-order valence-corrected chi connectivity index (χ1v) is 12.9. The number of carbonyl (C=O) groups excluding carboxylic acids is 1. The molecule has 8 heteroatoms. The monoisotopic (exact) mass is 531 g/mol. The highest BCUT2D eigenvalue weighted by Crippen LogP contribution is 2.33. The number of hydrogen-bond donors (Lipinski definition) is 2. The van der Waals surface area contributed by atoms with Gasteiger partial charge in [0.1, 0.15) is 0 Å². The molecule has 0 atom stereocenters. The Bertz CT molecular complexity index is 1740. The minimum Gasteiger partial charge on any atom is -0.454 e. The summed E-state index contributed by atoms with van der Waals surface area (Å²) in [6, 6.07) is 27.4. The molecule has 0 fully saturated rings. The number of benzene rings is 4. The Morgan fingerprint density at radius 3 is 2.52 bits per heavy atom. The van der Waals surface area contributed by atoms with Crippen LogP contribution in [0.5, 0.6) is 11.5 Å². The van der Waals surface area contributed by atoms with Crippen molar-refractivity contribution in [1.82, 2.24) is 10.2 Å². The molecule has 200 valence electrons. The molecule has 1 aromatic heterocycles. The third kappa shape index (κ3) is 5.07. The van der Waals surface area contributed by atoms with Gasteiger partial charge in [0.2, 0.25) is 6.79 Å². The predicted molar refractivity (Wildman–Crippen MR) is 161 cm³/mol. The number of fused-ring (bicyclic) bond motifs is 2. The summed E-state index contributed by atoms with van der Waals surface area (Å²) in [5, 5.41) is 11.7. The summed E-state index contributed by atoms with van der Waals surface area (Å²) in [7, 11) is 5.91. The highest BCUT2D eigenvalue weighted by molar-refractivity contribution is 6.05. The van der Waals surface area contributed by atoms with Crippen molar-refractivity contribution in [2.75, 3.05) is 43.1 Å². The molecule has 8 nitrogen and oxygen atoms in total. The Balaban J connectivity index is 1.18. The van der Waals surface area contributed by atoms with E-state index in [1.54, 1.807) is 0 Å². The number of anilines is 4. The van der Waals surface area contributed by atoms with Crippen LogP contribution in [0.2, 0.25) is 0 Å². The molecule has 1 aliphatic heterocycles. The zero-order valence-corrected chi connectivity index (χ0v) is 22.5. The summed E-state index contributed by atoms with van der Waals surface area (Å²) in [5.41, 5.74) is 7.04. The maximum atomic E-state index is 12.9. The number of nitrogens with zero attached hydrogens (tertiary/aromatic N) is 3. The van der Waals surface area contributed by atoms with Crippen molar-refractivity contribution in [2.24, 2.45) is 0 Å². The molecular formula is C32H29N5O3. The molecule has 5 aromatic rings. The van der Waals surface area contributed by atoms with Crippen LogP contribution in [-0.4, -0.2) is 44.0 Å². The standard InChI is InChI=1S/C32H29N5O3/c1-36(2)24-8-4-6-22(17-24)32(38)33-23-7-5-9-25(18-23)37(3)26-12-13-27-28(34-35-29(27)19-26)14-10-21-11-15-30-31(16-21)40-20-39-30/h4-19H,20H2,1-3H3,(H,33,38)(H,34,35)/b14-10+. The zero-order valence-electron chi connectivity index (χ0n) is 22.5. The maximum Gasteiger partial charge on any atom is 0.255 e. The van der Waals surface area contributed by atoms with E-state index in [1.165, 1.54) is 0 Å². The largest absolute Gasteiger partial charge is 0.454 e. The van der Waals surface area contributed by atoms with Gasteiger partial charge < -0.3 is 24.6 Å². The topological polar surface area (TPSA) is 82.7 Å². The summed E-state index contributed by atoms with van der Waals surface area (Å²) in [6.07, 6.45) is 3.99. The highest BCUT2D eigenvalue weighted by Gasteiger charge is 2.13. The number of carbonyl (C=O) groups is 1. The van der Waals surface area contributed by atoms with Gasteiger partial charge in [-0.1, -0.05) is 24.3 Å². The second-order valence-corrected chi connectivity index (χ2v) is 9.79. The van der Waals surface area contributed by atoms with Crippen LogP contribution in [0.25, 0.3) is 23.1 Å². The molecule has 1 aliphatic rings. The predicted octanol–water partition coefficient (Wildman–Crippen LogP) is 6.55. The molecule has 0 radical (unpaired) electrons. The Morgan fingerprint density at radius 1 is 0.850 bits per heavy atom. The van der Waals surface area contributed by atoms with Crippen molar-refractivity contribution in [3.63, 3.8) is 0 Å². The van der Waals surface area contributed by atoms with Gasteiger partial charge in [-0.2, -0.15) is 5.10 Å². The van der Waals surface area contributed by atoms with Crippen LogP contribution in [0.1, 0.15) is 21.6 Å². The molecule has 6 rings (SSSR count). The molecular weight excluding hydrogens is 502 g/mol. The summed E-state index contributed by atoms with van der Waals surface area (Å²) < 4.78 is 10.9. The average Bonchev–Trinajstić information content (AvgIpc) is 3.62. The quantitative estimate of drug-likeness (QED) is 0.248. The van der Waals surface area contributed by atoms with E-state index in [2.05, 4.69) is 38.6 Å². The third-order valence-corrected chi connectivity index (χ3v) is 6.91. The lowest BCUT2D eigenvalue weighted by atomic mass is 10.1. The smallest absolute Gasteiger partial charge is 0.255 e. The molecule has 0 saturated heterocycles. The van der Waals surface area contributed by atoms with Crippen molar-refractivity contribution < 1.29 is 14.3 Å². The number of rotatable bonds is 7. The van der Waals surface area contributed by atoms with Crippen molar-refractivity contribution in [2.45, 2.75) is 0 Å². The van der Waals surface area contributed by atoms with Crippen LogP contribution in [0.15, 0.2) is 84.9 Å². The first-order valence-electron chi connectivity index (χ1n) is 12.9. The number of hydrogen-bond acceptors (Lipinski definition) is 6. The highest BCUT2D eigenvalue weighted by atomic mass is 16.7. The fourth-order valence-corrected chi connectivity index (χ4v) is 4.63. The van der Waals surface area contributed by atoms with Crippen molar-refractivity contribution >= 4 is 51.7 Å². The van der Waals surface area contributed by atoms with Gasteiger partial charge in [-0.25, -0.2) is 0 Å². The Hall–Kier alpha value is -5.24. The lowest BCUT2D eigenvalue weighted by molar-refractivity contribution is 0.102. The second kappa shape index (κ2) is 10.5. The lowest BCUT2D eigenvalue weighted by Crippen LogP contribution is -2.15. The number of ether oxygens (including phenoxy) is 2. The number of H-pyrrole nitrogens is 1. The van der Waals surface area contributed by atoms with Gasteiger partial charge in [0.15, 0.2) is 11.5 Å². The fourth-order valence-electron chi connectivity index (χ4n) is 4.63. The van der Waals surface area contributed by atoms with Crippen LogP contribution in [0, 0.1) is 0 Å². The zero-order chi connectivity index (χ0) is 27.6. The van der Waals surface area contributed by atoms with E-state index >= 15 is 0 Å². The minimum atomic E-state index is -0.149. The molecule has 0 spiro atoms. The summed E-state index contributed by atoms with van der Waals surface area (Å²) in [4.78, 5) is 17.0. The number of aromatic nitrogens is 2. The second-order valence-electron chi connectivity index (χ2n) is 9.79. The van der Waals surface area contributed by atoms with Crippen molar-refractivity contribution in [3.8, 4) is 11.5 Å². The van der Waals surface area contributed by atoms with Gasteiger partial charge in [0.05, 0.1) is 11.2 Å². The van der Waals surface area contributed by atoms with Crippen LogP contribution in [0.4, 0.5) is 22.7 Å². The number of nitrogens with one attached hydrogen (secondary N) is 2. The molecule has 1 amide bonds. The normalized spacial score (nSPS) is 12.2. The van der Waals surface area contributed by atoms with Gasteiger partial charge in [-0.3, -0.25) is 9.89 Å². The SMILES string of the molecule is CN(C)c1cccc(C(=O)Nc2cccc(N(C)c3ccc4c(/C=C/c5ccc6c(c5)OCO6)n[nH]c4c3)c2)c1. The van der Waals surface area contributed by atoms with E-state index in [-0.39, 0.29) is 12.7 Å². The van der Waals surface area contributed by atoms with E-state index in [9.17, 15) is 4.79 Å². The van der Waals surface area contributed by atoms with Crippen LogP contribution in [0.3, 0.4) is 0 Å². The first-order chi connectivity index (χ1) is 19.4. The van der Waals surface area contributed by atoms with Crippen LogP contribution in [-0.2, 0) is 0 Å². The molecule has 40 heavy (non-hydrogen) atoms. The molecule has 4 aromatic carbocycles. The maximum absolute atomic E-state index is 12.9. The van der Waals surface area contributed by atoms with E-state index in [4.69, 9.17) is 9.47 Å². The molecule has 2 heterocycles. The van der Waals surface area contributed by atoms with Gasteiger partial charge in [0.25, 0.3) is 5.91 Å². The third-order valence-electron chi connectivity index (χ3n) is 6.91. The van der Waals surface area contributed by atoms with Crippen molar-refractivity contribution in [3.05, 3.63) is 102 Å².